The molecule has 1 aromatic heterocycles. The first-order valence-electron chi connectivity index (χ1n) is 10.4. The van der Waals surface area contributed by atoms with Crippen molar-refractivity contribution in [2.24, 2.45) is 5.10 Å². The zero-order valence-electron chi connectivity index (χ0n) is 17.5. The highest BCUT2D eigenvalue weighted by Gasteiger charge is 2.26. The van der Waals surface area contributed by atoms with E-state index in [2.05, 4.69) is 56.5 Å². The van der Waals surface area contributed by atoms with Gasteiger partial charge in [0.1, 0.15) is 11.9 Å². The predicted molar refractivity (Wildman–Crippen MR) is 125 cm³/mol. The van der Waals surface area contributed by atoms with Crippen LogP contribution in [0, 0.1) is 6.92 Å². The average Bonchev–Trinajstić information content (AvgIpc) is 2.77. The maximum Gasteiger partial charge on any atom is 0.189 e. The lowest BCUT2D eigenvalue weighted by molar-refractivity contribution is 0.188. The number of para-hydroxylation sites is 1. The lowest BCUT2D eigenvalue weighted by Gasteiger charge is -2.37. The molecule has 2 aliphatic rings. The van der Waals surface area contributed by atoms with Gasteiger partial charge in [0.25, 0.3) is 0 Å². The Labute approximate surface area is 183 Å². The number of benzene rings is 1. The number of piperazine rings is 1. The zero-order valence-corrected chi connectivity index (χ0v) is 18.3. The third-order valence-corrected chi connectivity index (χ3v) is 6.07. The molecule has 1 fully saturated rings. The number of pyridine rings is 1. The number of hydrogen-bond donors (Lipinski definition) is 2. The Kier molecular flexibility index (Phi) is 6.15. The van der Waals surface area contributed by atoms with Gasteiger partial charge in [0.2, 0.25) is 0 Å². The van der Waals surface area contributed by atoms with E-state index in [0.29, 0.717) is 18.1 Å². The topological polar surface area (TPSA) is 67.2 Å². The maximum absolute atomic E-state index is 10.0. The number of aliphatic hydroxyl groups is 1. The summed E-state index contributed by atoms with van der Waals surface area (Å²) in [7, 11) is 0. The van der Waals surface area contributed by atoms with Gasteiger partial charge >= 0.3 is 0 Å². The summed E-state index contributed by atoms with van der Waals surface area (Å²) in [6.45, 7) is 8.18. The van der Waals surface area contributed by atoms with Crippen molar-refractivity contribution >= 4 is 34.4 Å². The van der Waals surface area contributed by atoms with Crippen molar-refractivity contribution in [1.82, 2.24) is 15.3 Å². The van der Waals surface area contributed by atoms with Crippen LogP contribution in [-0.2, 0) is 0 Å². The monoisotopic (exact) mass is 424 g/mol. The summed E-state index contributed by atoms with van der Waals surface area (Å²) in [5.74, 6) is 0. The van der Waals surface area contributed by atoms with Crippen LogP contribution in [0.25, 0.3) is 0 Å². The number of aliphatic hydroxyl groups excluding tert-OH is 1. The highest BCUT2D eigenvalue weighted by Crippen LogP contribution is 2.26. The molecule has 1 unspecified atom stereocenters. The number of nitrogens with one attached hydrogen (secondary N) is 1. The molecule has 0 saturated carbocycles. The van der Waals surface area contributed by atoms with Crippen LogP contribution in [0.2, 0.25) is 0 Å². The van der Waals surface area contributed by atoms with Crippen LogP contribution in [0.15, 0.2) is 47.7 Å². The van der Waals surface area contributed by atoms with E-state index >= 15 is 0 Å². The molecule has 0 spiro atoms. The van der Waals surface area contributed by atoms with E-state index < -0.39 is 6.23 Å². The Morgan fingerprint density at radius 1 is 1.10 bits per heavy atom. The smallest absolute Gasteiger partial charge is 0.189 e. The molecular weight excluding hydrogens is 396 g/mol. The number of anilines is 2. The summed E-state index contributed by atoms with van der Waals surface area (Å²) in [6, 6.07) is 12.3. The number of rotatable bonds is 3. The Hall–Kier alpha value is -2.71. The third-order valence-electron chi connectivity index (χ3n) is 5.72. The van der Waals surface area contributed by atoms with E-state index in [1.54, 1.807) is 13.1 Å². The second-order valence-electron chi connectivity index (χ2n) is 7.68. The molecule has 30 heavy (non-hydrogen) atoms. The fourth-order valence-corrected chi connectivity index (χ4v) is 4.30. The van der Waals surface area contributed by atoms with Crippen LogP contribution in [0.4, 0.5) is 11.4 Å². The number of thiocarbonyl (C=S) groups is 1. The molecule has 0 radical (unpaired) electrons. The van der Waals surface area contributed by atoms with E-state index in [0.717, 1.165) is 43.3 Å². The van der Waals surface area contributed by atoms with Gasteiger partial charge in [0.15, 0.2) is 5.11 Å². The average molecular weight is 425 g/mol. The molecule has 4 rings (SSSR count). The summed E-state index contributed by atoms with van der Waals surface area (Å²) in [6.07, 6.45) is 1.89. The van der Waals surface area contributed by atoms with Gasteiger partial charge in [0, 0.05) is 51.0 Å². The quantitative estimate of drug-likeness (QED) is 0.579. The molecule has 2 aromatic rings. The standard InChI is InChI=1S/C22H28N6OS/c1-16-6-3-4-7-19(16)26-12-14-27(15-13-26)22(30)25-24-18-9-11-28(17(2)29)20-8-5-10-23-21(18)20/h3-8,10,17,29H,9,11-15H2,1-2H3,(H,25,30)/b24-18-. The number of hydrogen-bond acceptors (Lipinski definition) is 6. The van der Waals surface area contributed by atoms with Crippen LogP contribution >= 0.6 is 12.2 Å². The van der Waals surface area contributed by atoms with Crippen LogP contribution in [0.1, 0.15) is 24.6 Å². The lowest BCUT2D eigenvalue weighted by atomic mass is 10.1. The van der Waals surface area contributed by atoms with Crippen molar-refractivity contribution in [1.29, 1.82) is 0 Å². The summed E-state index contributed by atoms with van der Waals surface area (Å²) >= 11 is 5.61. The number of aryl methyl sites for hydroxylation is 1. The molecule has 0 aliphatic carbocycles. The summed E-state index contributed by atoms with van der Waals surface area (Å²) in [5.41, 5.74) is 8.23. The Morgan fingerprint density at radius 3 is 2.57 bits per heavy atom. The molecule has 2 aliphatic heterocycles. The van der Waals surface area contributed by atoms with Gasteiger partial charge in [-0.05, 0) is 49.8 Å². The molecule has 8 heteroatoms. The molecule has 1 saturated heterocycles. The lowest BCUT2D eigenvalue weighted by Crippen LogP contribution is -2.51. The molecule has 1 aromatic carbocycles. The highest BCUT2D eigenvalue weighted by molar-refractivity contribution is 7.80. The van der Waals surface area contributed by atoms with Gasteiger partial charge < -0.3 is 19.8 Å². The van der Waals surface area contributed by atoms with E-state index in [1.807, 2.05) is 17.0 Å². The van der Waals surface area contributed by atoms with Crippen molar-refractivity contribution in [3.63, 3.8) is 0 Å². The molecule has 158 valence electrons. The zero-order chi connectivity index (χ0) is 21.1. The second kappa shape index (κ2) is 8.97. The Morgan fingerprint density at radius 2 is 1.83 bits per heavy atom. The minimum absolute atomic E-state index is 0.562. The van der Waals surface area contributed by atoms with Crippen molar-refractivity contribution in [3.05, 3.63) is 53.9 Å². The second-order valence-corrected chi connectivity index (χ2v) is 8.07. The SMILES string of the molecule is Cc1ccccc1N1CCN(C(=S)N/N=C2/CCN(C(C)O)c3cccnc32)CC1. The summed E-state index contributed by atoms with van der Waals surface area (Å²) in [5, 5.41) is 15.3. The van der Waals surface area contributed by atoms with E-state index in [4.69, 9.17) is 12.2 Å². The van der Waals surface area contributed by atoms with Crippen LogP contribution in [0.3, 0.4) is 0 Å². The molecular formula is C22H28N6OS. The van der Waals surface area contributed by atoms with Crippen LogP contribution in [0.5, 0.6) is 0 Å². The van der Waals surface area contributed by atoms with Crippen molar-refractivity contribution in [2.75, 3.05) is 42.5 Å². The fraction of sp³-hybridized carbons (Fsp3) is 0.409. The molecule has 3 heterocycles. The van der Waals surface area contributed by atoms with Gasteiger partial charge in [-0.25, -0.2) is 0 Å². The van der Waals surface area contributed by atoms with Crippen molar-refractivity contribution in [2.45, 2.75) is 26.5 Å². The van der Waals surface area contributed by atoms with E-state index in [-0.39, 0.29) is 0 Å². The summed E-state index contributed by atoms with van der Waals surface area (Å²) in [4.78, 5) is 11.0. The Balaban J connectivity index is 1.39. The van der Waals surface area contributed by atoms with Gasteiger partial charge in [0.05, 0.1) is 11.4 Å². The fourth-order valence-electron chi connectivity index (χ4n) is 4.07. The third kappa shape index (κ3) is 4.24. The molecule has 7 nitrogen and oxygen atoms in total. The number of aromatic nitrogens is 1. The Bertz CT molecular complexity index is 939. The van der Waals surface area contributed by atoms with Gasteiger partial charge in [-0.2, -0.15) is 5.10 Å². The maximum atomic E-state index is 10.0. The first-order valence-corrected chi connectivity index (χ1v) is 10.8. The van der Waals surface area contributed by atoms with Gasteiger partial charge in [-0.15, -0.1) is 0 Å². The minimum Gasteiger partial charge on any atom is -0.374 e. The summed E-state index contributed by atoms with van der Waals surface area (Å²) < 4.78 is 0. The first-order chi connectivity index (χ1) is 14.5. The van der Waals surface area contributed by atoms with E-state index in [1.165, 1.54) is 11.3 Å². The van der Waals surface area contributed by atoms with Gasteiger partial charge in [-0.1, -0.05) is 18.2 Å². The van der Waals surface area contributed by atoms with E-state index in [9.17, 15) is 5.11 Å². The van der Waals surface area contributed by atoms with Crippen molar-refractivity contribution < 1.29 is 5.11 Å². The van der Waals surface area contributed by atoms with Crippen LogP contribution < -0.4 is 15.2 Å². The minimum atomic E-state index is -0.562. The van der Waals surface area contributed by atoms with Crippen molar-refractivity contribution in [3.8, 4) is 0 Å². The predicted octanol–water partition coefficient (Wildman–Crippen LogP) is 2.34. The molecule has 2 N–H and O–H groups in total. The molecule has 0 amide bonds. The normalized spacial score (nSPS) is 18.9. The highest BCUT2D eigenvalue weighted by atomic mass is 32.1. The number of nitrogens with zero attached hydrogens (tertiary/aromatic N) is 5. The van der Waals surface area contributed by atoms with Gasteiger partial charge in [-0.3, -0.25) is 10.4 Å². The molecule has 0 bridgehead atoms. The van der Waals surface area contributed by atoms with Crippen LogP contribution in [-0.4, -0.2) is 64.8 Å². The first kappa shape index (κ1) is 20.6. The molecule has 1 atom stereocenters. The number of fused-ring (bicyclic) bond motifs is 1. The number of hydrazone groups is 1. The largest absolute Gasteiger partial charge is 0.374 e.